The number of fused-ring (bicyclic) bond motifs is 1. The maximum Gasteiger partial charge on any atom is 0.339 e. The molecule has 0 bridgehead atoms. The zero-order valence-corrected chi connectivity index (χ0v) is 12.0. The highest BCUT2D eigenvalue weighted by atomic mass is 16.5. The molecule has 23 heavy (non-hydrogen) atoms. The van der Waals surface area contributed by atoms with Crippen LogP contribution in [0.2, 0.25) is 0 Å². The SMILES string of the molecule is COc1ccc2c(-c3ccc(C(=O)O)c(O)c3)cc(C#N)n2n1. The van der Waals surface area contributed by atoms with Gasteiger partial charge in [-0.15, -0.1) is 5.10 Å². The van der Waals surface area contributed by atoms with E-state index in [1.54, 1.807) is 24.3 Å². The van der Waals surface area contributed by atoms with Gasteiger partial charge in [0.25, 0.3) is 0 Å². The maximum atomic E-state index is 11.0. The molecule has 0 radical (unpaired) electrons. The van der Waals surface area contributed by atoms with Gasteiger partial charge in [0.1, 0.15) is 23.1 Å². The minimum Gasteiger partial charge on any atom is -0.507 e. The van der Waals surface area contributed by atoms with Crippen LogP contribution in [0.1, 0.15) is 16.1 Å². The summed E-state index contributed by atoms with van der Waals surface area (Å²) in [5.41, 5.74) is 2.00. The monoisotopic (exact) mass is 309 g/mol. The summed E-state index contributed by atoms with van der Waals surface area (Å²) >= 11 is 0. The molecule has 0 spiro atoms. The van der Waals surface area contributed by atoms with Gasteiger partial charge in [-0.1, -0.05) is 6.07 Å². The van der Waals surface area contributed by atoms with E-state index in [0.29, 0.717) is 28.2 Å². The molecule has 0 saturated carbocycles. The average molecular weight is 309 g/mol. The number of methoxy groups -OCH3 is 1. The lowest BCUT2D eigenvalue weighted by Crippen LogP contribution is -1.97. The number of nitrogens with zero attached hydrogens (tertiary/aromatic N) is 3. The number of nitriles is 1. The lowest BCUT2D eigenvalue weighted by atomic mass is 10.0. The van der Waals surface area contributed by atoms with E-state index in [4.69, 9.17) is 9.84 Å². The van der Waals surface area contributed by atoms with Crippen molar-refractivity contribution < 1.29 is 19.7 Å². The van der Waals surface area contributed by atoms with E-state index in [-0.39, 0.29) is 11.3 Å². The molecule has 114 valence electrons. The zero-order chi connectivity index (χ0) is 16.6. The minimum atomic E-state index is -1.21. The summed E-state index contributed by atoms with van der Waals surface area (Å²) in [6.07, 6.45) is 0. The van der Waals surface area contributed by atoms with Gasteiger partial charge in [0, 0.05) is 11.6 Å². The van der Waals surface area contributed by atoms with Crippen LogP contribution in [0.5, 0.6) is 11.6 Å². The molecule has 3 aromatic rings. The Morgan fingerprint density at radius 2 is 2.09 bits per heavy atom. The third kappa shape index (κ3) is 2.32. The molecule has 0 atom stereocenters. The third-order valence-corrected chi connectivity index (χ3v) is 3.46. The Morgan fingerprint density at radius 1 is 1.30 bits per heavy atom. The van der Waals surface area contributed by atoms with Gasteiger partial charge >= 0.3 is 5.97 Å². The summed E-state index contributed by atoms with van der Waals surface area (Å²) in [6.45, 7) is 0. The number of benzene rings is 1. The number of aromatic nitrogens is 2. The van der Waals surface area contributed by atoms with Crippen LogP contribution in [0.15, 0.2) is 36.4 Å². The van der Waals surface area contributed by atoms with Gasteiger partial charge in [0.2, 0.25) is 5.88 Å². The predicted molar refractivity (Wildman–Crippen MR) is 80.5 cm³/mol. The Morgan fingerprint density at radius 3 is 2.70 bits per heavy atom. The van der Waals surface area contributed by atoms with Crippen LogP contribution in [-0.2, 0) is 0 Å². The lowest BCUT2D eigenvalue weighted by Gasteiger charge is -2.05. The van der Waals surface area contributed by atoms with E-state index < -0.39 is 5.97 Å². The molecule has 2 heterocycles. The number of aromatic hydroxyl groups is 1. The maximum absolute atomic E-state index is 11.0. The molecule has 2 N–H and O–H groups in total. The summed E-state index contributed by atoms with van der Waals surface area (Å²) < 4.78 is 6.49. The Bertz CT molecular complexity index is 969. The highest BCUT2D eigenvalue weighted by Crippen LogP contribution is 2.32. The molecule has 7 nitrogen and oxygen atoms in total. The van der Waals surface area contributed by atoms with E-state index in [1.165, 1.54) is 23.8 Å². The molecule has 0 aliphatic carbocycles. The van der Waals surface area contributed by atoms with Crippen LogP contribution in [0.3, 0.4) is 0 Å². The van der Waals surface area contributed by atoms with Gasteiger partial charge < -0.3 is 14.9 Å². The first-order valence-electron chi connectivity index (χ1n) is 6.58. The predicted octanol–water partition coefficient (Wildman–Crippen LogP) is 2.29. The molecule has 0 saturated heterocycles. The smallest absolute Gasteiger partial charge is 0.339 e. The summed E-state index contributed by atoms with van der Waals surface area (Å²) in [7, 11) is 1.48. The van der Waals surface area contributed by atoms with Crippen LogP contribution in [0, 0.1) is 11.3 Å². The molecule has 2 aromatic heterocycles. The van der Waals surface area contributed by atoms with Crippen LogP contribution in [0.4, 0.5) is 0 Å². The molecule has 0 aliphatic rings. The van der Waals surface area contributed by atoms with Crippen molar-refractivity contribution >= 4 is 11.5 Å². The van der Waals surface area contributed by atoms with Gasteiger partial charge in [-0.3, -0.25) is 0 Å². The Hall–Kier alpha value is -3.53. The van der Waals surface area contributed by atoms with Crippen molar-refractivity contribution in [2.75, 3.05) is 7.11 Å². The van der Waals surface area contributed by atoms with Gasteiger partial charge in [0.05, 0.1) is 12.6 Å². The number of carboxylic acid groups (broad SMARTS) is 1. The second-order valence-corrected chi connectivity index (χ2v) is 4.76. The topological polar surface area (TPSA) is 108 Å². The van der Waals surface area contributed by atoms with Crippen LogP contribution < -0.4 is 4.74 Å². The van der Waals surface area contributed by atoms with Crippen LogP contribution in [0.25, 0.3) is 16.6 Å². The summed E-state index contributed by atoms with van der Waals surface area (Å²) in [5, 5.41) is 32.3. The first kappa shape index (κ1) is 14.4. The van der Waals surface area contributed by atoms with Gasteiger partial charge in [-0.25, -0.2) is 9.31 Å². The fourth-order valence-electron chi connectivity index (χ4n) is 2.37. The molecule has 0 aliphatic heterocycles. The van der Waals surface area contributed by atoms with Crippen molar-refractivity contribution in [1.82, 2.24) is 9.61 Å². The number of aromatic carboxylic acids is 1. The zero-order valence-electron chi connectivity index (χ0n) is 12.0. The second kappa shape index (κ2) is 5.35. The normalized spacial score (nSPS) is 10.4. The van der Waals surface area contributed by atoms with E-state index in [0.717, 1.165) is 0 Å². The van der Waals surface area contributed by atoms with Crippen molar-refractivity contribution in [2.45, 2.75) is 0 Å². The molecule has 0 fully saturated rings. The van der Waals surface area contributed by atoms with Crippen molar-refractivity contribution in [3.8, 4) is 28.8 Å². The van der Waals surface area contributed by atoms with Gasteiger partial charge in [-0.2, -0.15) is 5.26 Å². The molecule has 0 amide bonds. The Labute approximate surface area is 130 Å². The number of rotatable bonds is 3. The molecule has 0 unspecified atom stereocenters. The van der Waals surface area contributed by atoms with Crippen molar-refractivity contribution in [3.05, 3.63) is 47.7 Å². The van der Waals surface area contributed by atoms with E-state index in [1.807, 2.05) is 6.07 Å². The van der Waals surface area contributed by atoms with Crippen LogP contribution in [-0.4, -0.2) is 32.9 Å². The van der Waals surface area contributed by atoms with Crippen molar-refractivity contribution in [1.29, 1.82) is 5.26 Å². The highest BCUT2D eigenvalue weighted by molar-refractivity contribution is 5.93. The number of carboxylic acids is 1. The Kier molecular flexibility index (Phi) is 3.35. The molecule has 3 rings (SSSR count). The summed E-state index contributed by atoms with van der Waals surface area (Å²) in [6, 6.07) is 11.3. The lowest BCUT2D eigenvalue weighted by molar-refractivity contribution is 0.0694. The van der Waals surface area contributed by atoms with Gasteiger partial charge in [0.15, 0.2) is 0 Å². The van der Waals surface area contributed by atoms with E-state index in [2.05, 4.69) is 5.10 Å². The largest absolute Gasteiger partial charge is 0.507 e. The summed E-state index contributed by atoms with van der Waals surface area (Å²) in [5.74, 6) is -1.19. The standard InChI is InChI=1S/C16H11N3O4/c1-23-15-5-4-13-12(7-10(8-17)19(13)18-15)9-2-3-11(16(21)22)14(20)6-9/h2-7,20H,1H3,(H,21,22). The number of carbonyl (C=O) groups is 1. The van der Waals surface area contributed by atoms with Crippen LogP contribution >= 0.6 is 0 Å². The molecular weight excluding hydrogens is 298 g/mol. The first-order chi connectivity index (χ1) is 11.0. The molecule has 1 aromatic carbocycles. The quantitative estimate of drug-likeness (QED) is 0.768. The van der Waals surface area contributed by atoms with E-state index in [9.17, 15) is 15.2 Å². The Balaban J connectivity index is 2.23. The van der Waals surface area contributed by atoms with Crippen molar-refractivity contribution in [3.63, 3.8) is 0 Å². The number of ether oxygens (including phenoxy) is 1. The second-order valence-electron chi connectivity index (χ2n) is 4.76. The minimum absolute atomic E-state index is 0.183. The van der Waals surface area contributed by atoms with E-state index >= 15 is 0 Å². The number of phenols is 1. The number of hydrogen-bond acceptors (Lipinski definition) is 5. The molecule has 7 heteroatoms. The average Bonchev–Trinajstić information content (AvgIpc) is 2.92. The summed E-state index contributed by atoms with van der Waals surface area (Å²) in [4.78, 5) is 11.0. The molecular formula is C16H11N3O4. The van der Waals surface area contributed by atoms with Crippen molar-refractivity contribution in [2.24, 2.45) is 0 Å². The first-order valence-corrected chi connectivity index (χ1v) is 6.58. The fraction of sp³-hybridized carbons (Fsp3) is 0.0625. The van der Waals surface area contributed by atoms with Gasteiger partial charge in [-0.05, 0) is 29.8 Å². The fourth-order valence-corrected chi connectivity index (χ4v) is 2.37. The number of hydrogen-bond donors (Lipinski definition) is 2. The highest BCUT2D eigenvalue weighted by Gasteiger charge is 2.15. The third-order valence-electron chi connectivity index (χ3n) is 3.46.